The number of pyridine rings is 1. The fourth-order valence-corrected chi connectivity index (χ4v) is 1.91. The number of hydrogen-bond acceptors (Lipinski definition) is 5. The lowest BCUT2D eigenvalue weighted by atomic mass is 10.1. The summed E-state index contributed by atoms with van der Waals surface area (Å²) in [6.07, 6.45) is 1.48. The molecule has 2 N–H and O–H groups in total. The maximum absolute atomic E-state index is 11.5. The van der Waals surface area contributed by atoms with E-state index in [1.807, 2.05) is 0 Å². The molecule has 100 valence electrons. The number of carbonyl (C=O) groups excluding carboxylic acids is 2. The van der Waals surface area contributed by atoms with Crippen LogP contribution in [0.25, 0.3) is 0 Å². The standard InChI is InChI=1S/C12H13N3O4/c1-7-11(17)14-10(16)6-15(7)5-9-8(12(18)19)3-2-4-13-9/h2-4,7H,5-6H2,1H3,(H,18,19)(H,14,16,17). The van der Waals surface area contributed by atoms with E-state index >= 15 is 0 Å². The summed E-state index contributed by atoms with van der Waals surface area (Å²) in [5.74, 6) is -1.86. The molecule has 1 aromatic heterocycles. The number of amides is 2. The van der Waals surface area contributed by atoms with Crippen LogP contribution in [0.1, 0.15) is 23.0 Å². The topological polar surface area (TPSA) is 99.6 Å². The molecule has 1 aliphatic heterocycles. The molecule has 0 aromatic carbocycles. The van der Waals surface area contributed by atoms with Crippen molar-refractivity contribution in [1.29, 1.82) is 0 Å². The lowest BCUT2D eigenvalue weighted by Crippen LogP contribution is -2.56. The van der Waals surface area contributed by atoms with Gasteiger partial charge in [0, 0.05) is 12.7 Å². The van der Waals surface area contributed by atoms with Crippen molar-refractivity contribution >= 4 is 17.8 Å². The Hall–Kier alpha value is -2.28. The molecule has 0 bridgehead atoms. The van der Waals surface area contributed by atoms with Crippen LogP contribution in [0.5, 0.6) is 0 Å². The minimum Gasteiger partial charge on any atom is -0.478 e. The summed E-state index contributed by atoms with van der Waals surface area (Å²) in [5, 5.41) is 11.3. The van der Waals surface area contributed by atoms with Crippen molar-refractivity contribution in [3.05, 3.63) is 29.6 Å². The van der Waals surface area contributed by atoms with Gasteiger partial charge in [0.15, 0.2) is 0 Å². The van der Waals surface area contributed by atoms with E-state index in [4.69, 9.17) is 5.11 Å². The Morgan fingerprint density at radius 2 is 2.32 bits per heavy atom. The van der Waals surface area contributed by atoms with Gasteiger partial charge in [-0.2, -0.15) is 0 Å². The van der Waals surface area contributed by atoms with Gasteiger partial charge in [0.05, 0.1) is 23.8 Å². The van der Waals surface area contributed by atoms with Gasteiger partial charge in [-0.15, -0.1) is 0 Å². The van der Waals surface area contributed by atoms with Crippen molar-refractivity contribution < 1.29 is 19.5 Å². The maximum atomic E-state index is 11.5. The summed E-state index contributed by atoms with van der Waals surface area (Å²) in [6, 6.07) is 2.48. The molecule has 2 heterocycles. The first-order valence-corrected chi connectivity index (χ1v) is 5.74. The number of carbonyl (C=O) groups is 3. The average Bonchev–Trinajstić information content (AvgIpc) is 2.35. The molecule has 7 heteroatoms. The van der Waals surface area contributed by atoms with Crippen LogP contribution >= 0.6 is 0 Å². The van der Waals surface area contributed by atoms with E-state index < -0.39 is 17.9 Å². The highest BCUT2D eigenvalue weighted by Gasteiger charge is 2.31. The Bertz CT molecular complexity index is 544. The number of aromatic carboxylic acids is 1. The van der Waals surface area contributed by atoms with Crippen LogP contribution in [-0.2, 0) is 16.1 Å². The van der Waals surface area contributed by atoms with Gasteiger partial charge in [-0.25, -0.2) is 4.79 Å². The van der Waals surface area contributed by atoms with Gasteiger partial charge >= 0.3 is 5.97 Å². The third-order valence-corrected chi connectivity index (χ3v) is 3.01. The summed E-state index contributed by atoms with van der Waals surface area (Å²) < 4.78 is 0. The first-order valence-electron chi connectivity index (χ1n) is 5.74. The minimum absolute atomic E-state index is 0.0442. The molecule has 7 nitrogen and oxygen atoms in total. The quantitative estimate of drug-likeness (QED) is 0.721. The van der Waals surface area contributed by atoms with E-state index in [9.17, 15) is 14.4 Å². The highest BCUT2D eigenvalue weighted by Crippen LogP contribution is 2.13. The Morgan fingerprint density at radius 3 is 3.00 bits per heavy atom. The zero-order valence-electron chi connectivity index (χ0n) is 10.3. The third-order valence-electron chi connectivity index (χ3n) is 3.01. The number of aromatic nitrogens is 1. The van der Waals surface area contributed by atoms with Gasteiger partial charge in [-0.3, -0.25) is 24.8 Å². The Labute approximate surface area is 109 Å². The molecule has 2 rings (SSSR count). The molecule has 1 unspecified atom stereocenters. The van der Waals surface area contributed by atoms with Gasteiger partial charge in [0.25, 0.3) is 0 Å². The average molecular weight is 263 g/mol. The fraction of sp³-hybridized carbons (Fsp3) is 0.333. The van der Waals surface area contributed by atoms with E-state index in [1.165, 1.54) is 18.3 Å². The minimum atomic E-state index is -1.08. The summed E-state index contributed by atoms with van der Waals surface area (Å²) in [7, 11) is 0. The second kappa shape index (κ2) is 5.15. The number of piperazine rings is 1. The summed E-state index contributed by atoms with van der Waals surface area (Å²) in [6.45, 7) is 1.84. The number of nitrogens with one attached hydrogen (secondary N) is 1. The van der Waals surface area contributed by atoms with E-state index in [0.29, 0.717) is 5.69 Å². The highest BCUT2D eigenvalue weighted by atomic mass is 16.4. The fourth-order valence-electron chi connectivity index (χ4n) is 1.91. The van der Waals surface area contributed by atoms with E-state index in [2.05, 4.69) is 10.3 Å². The molecular formula is C12H13N3O4. The molecule has 1 aromatic rings. The van der Waals surface area contributed by atoms with Crippen molar-refractivity contribution in [3.8, 4) is 0 Å². The number of nitrogens with zero attached hydrogens (tertiary/aromatic N) is 2. The Morgan fingerprint density at radius 1 is 1.58 bits per heavy atom. The van der Waals surface area contributed by atoms with Crippen LogP contribution in [-0.4, -0.2) is 45.4 Å². The SMILES string of the molecule is CC1C(=O)NC(=O)CN1Cc1ncccc1C(=O)O. The molecule has 1 aliphatic rings. The number of imide groups is 1. The summed E-state index contributed by atoms with van der Waals surface area (Å²) >= 11 is 0. The zero-order valence-corrected chi connectivity index (χ0v) is 10.3. The Balaban J connectivity index is 2.23. The van der Waals surface area contributed by atoms with Crippen LogP contribution < -0.4 is 5.32 Å². The molecule has 19 heavy (non-hydrogen) atoms. The molecule has 1 atom stereocenters. The molecule has 1 fully saturated rings. The molecule has 0 radical (unpaired) electrons. The predicted octanol–water partition coefficient (Wildman–Crippen LogP) is -0.373. The predicted molar refractivity (Wildman–Crippen MR) is 64.2 cm³/mol. The van der Waals surface area contributed by atoms with E-state index in [-0.39, 0.29) is 24.6 Å². The van der Waals surface area contributed by atoms with Crippen molar-refractivity contribution in [2.24, 2.45) is 0 Å². The molecular weight excluding hydrogens is 250 g/mol. The van der Waals surface area contributed by atoms with Gasteiger partial charge in [0.1, 0.15) is 0 Å². The molecule has 2 amide bonds. The number of rotatable bonds is 3. The second-order valence-corrected chi connectivity index (χ2v) is 4.30. The maximum Gasteiger partial charge on any atom is 0.337 e. The van der Waals surface area contributed by atoms with Gasteiger partial charge in [0.2, 0.25) is 11.8 Å². The Kier molecular flexibility index (Phi) is 3.57. The number of hydrogen-bond donors (Lipinski definition) is 2. The monoisotopic (exact) mass is 263 g/mol. The van der Waals surface area contributed by atoms with Crippen molar-refractivity contribution in [1.82, 2.24) is 15.2 Å². The first kappa shape index (κ1) is 13.2. The van der Waals surface area contributed by atoms with Crippen molar-refractivity contribution in [2.45, 2.75) is 19.5 Å². The second-order valence-electron chi connectivity index (χ2n) is 4.30. The molecule has 0 aliphatic carbocycles. The van der Waals surface area contributed by atoms with E-state index in [0.717, 1.165) is 0 Å². The normalized spacial score (nSPS) is 20.2. The van der Waals surface area contributed by atoms with Crippen molar-refractivity contribution in [2.75, 3.05) is 6.54 Å². The lowest BCUT2D eigenvalue weighted by molar-refractivity contribution is -0.139. The number of carboxylic acids is 1. The highest BCUT2D eigenvalue weighted by molar-refractivity contribution is 6.00. The zero-order chi connectivity index (χ0) is 14.0. The van der Waals surface area contributed by atoms with Crippen LogP contribution in [0.4, 0.5) is 0 Å². The van der Waals surface area contributed by atoms with Crippen molar-refractivity contribution in [3.63, 3.8) is 0 Å². The number of carboxylic acid groups (broad SMARTS) is 1. The molecule has 1 saturated heterocycles. The smallest absolute Gasteiger partial charge is 0.337 e. The lowest BCUT2D eigenvalue weighted by Gasteiger charge is -2.31. The van der Waals surface area contributed by atoms with Crippen LogP contribution in [0, 0.1) is 0 Å². The van der Waals surface area contributed by atoms with Gasteiger partial charge in [-0.1, -0.05) is 0 Å². The largest absolute Gasteiger partial charge is 0.478 e. The van der Waals surface area contributed by atoms with Gasteiger partial charge in [-0.05, 0) is 19.1 Å². The van der Waals surface area contributed by atoms with E-state index in [1.54, 1.807) is 11.8 Å². The molecule has 0 spiro atoms. The van der Waals surface area contributed by atoms with Gasteiger partial charge < -0.3 is 5.11 Å². The van der Waals surface area contributed by atoms with Crippen LogP contribution in [0.2, 0.25) is 0 Å². The third kappa shape index (κ3) is 2.76. The van der Waals surface area contributed by atoms with Crippen LogP contribution in [0.15, 0.2) is 18.3 Å². The summed E-state index contributed by atoms with van der Waals surface area (Å²) in [4.78, 5) is 39.5. The summed E-state index contributed by atoms with van der Waals surface area (Å²) in [5.41, 5.74) is 0.414. The molecule has 0 saturated carbocycles. The van der Waals surface area contributed by atoms with Crippen LogP contribution in [0.3, 0.4) is 0 Å². The first-order chi connectivity index (χ1) is 8.99.